The third-order valence-electron chi connectivity index (χ3n) is 4.64. The number of aryl methyl sites for hydroxylation is 1. The van der Waals surface area contributed by atoms with Crippen molar-refractivity contribution in [2.45, 2.75) is 39.2 Å². The average Bonchev–Trinajstić information content (AvgIpc) is 3.05. The van der Waals surface area contributed by atoms with Gasteiger partial charge in [0.15, 0.2) is 0 Å². The molecule has 0 unspecified atom stereocenters. The van der Waals surface area contributed by atoms with Crippen LogP contribution >= 0.6 is 0 Å². The molecule has 2 rings (SSSR count). The van der Waals surface area contributed by atoms with Gasteiger partial charge in [-0.1, -0.05) is 19.9 Å². The lowest BCUT2D eigenvalue weighted by atomic mass is 10.0. The number of methoxy groups -OCH3 is 2. The van der Waals surface area contributed by atoms with E-state index in [0.29, 0.717) is 29.6 Å². The Morgan fingerprint density at radius 3 is 2.70 bits per heavy atom. The third kappa shape index (κ3) is 3.78. The van der Waals surface area contributed by atoms with Gasteiger partial charge in [-0.15, -0.1) is 0 Å². The molecule has 0 aromatic heterocycles. The number of rotatable bonds is 7. The van der Waals surface area contributed by atoms with Crippen LogP contribution in [-0.2, 0) is 6.42 Å². The topological polar surface area (TPSA) is 50.8 Å². The van der Waals surface area contributed by atoms with Crippen molar-refractivity contribution in [3.63, 3.8) is 0 Å². The molecule has 0 saturated carbocycles. The predicted molar refractivity (Wildman–Crippen MR) is 91.5 cm³/mol. The van der Waals surface area contributed by atoms with Gasteiger partial charge in [0.25, 0.3) is 5.91 Å². The Morgan fingerprint density at radius 1 is 1.30 bits per heavy atom. The minimum absolute atomic E-state index is 0.128. The van der Waals surface area contributed by atoms with Gasteiger partial charge in [0, 0.05) is 12.6 Å². The van der Waals surface area contributed by atoms with E-state index in [2.05, 4.69) is 17.1 Å². The Bertz CT molecular complexity index is 545. The first kappa shape index (κ1) is 17.6. The summed E-state index contributed by atoms with van der Waals surface area (Å²) in [4.78, 5) is 15.1. The lowest BCUT2D eigenvalue weighted by molar-refractivity contribution is 0.0935. The molecule has 1 heterocycles. The maximum Gasteiger partial charge on any atom is 0.258 e. The Balaban J connectivity index is 2.17. The molecular formula is C18H28N2O3. The van der Waals surface area contributed by atoms with Crippen LogP contribution in [0.1, 0.15) is 42.6 Å². The van der Waals surface area contributed by atoms with Crippen LogP contribution in [0, 0.1) is 0 Å². The molecule has 1 amide bonds. The molecule has 1 aromatic carbocycles. The molecule has 1 fully saturated rings. The maximum absolute atomic E-state index is 12.7. The van der Waals surface area contributed by atoms with E-state index in [1.807, 2.05) is 19.1 Å². The molecule has 5 heteroatoms. The molecular weight excluding hydrogens is 292 g/mol. The van der Waals surface area contributed by atoms with Crippen molar-refractivity contribution in [1.29, 1.82) is 0 Å². The molecule has 1 saturated heterocycles. The van der Waals surface area contributed by atoms with Gasteiger partial charge in [0.2, 0.25) is 0 Å². The summed E-state index contributed by atoms with van der Waals surface area (Å²) in [5.41, 5.74) is 1.50. The summed E-state index contributed by atoms with van der Waals surface area (Å²) in [5.74, 6) is 1.04. The fraction of sp³-hybridized carbons (Fsp3) is 0.611. The Labute approximate surface area is 139 Å². The summed E-state index contributed by atoms with van der Waals surface area (Å²) >= 11 is 0. The van der Waals surface area contributed by atoms with Crippen molar-refractivity contribution in [3.05, 3.63) is 23.3 Å². The maximum atomic E-state index is 12.7. The van der Waals surface area contributed by atoms with Crippen LogP contribution in [0.2, 0.25) is 0 Å². The second-order valence-corrected chi connectivity index (χ2v) is 5.82. The lowest BCUT2D eigenvalue weighted by Gasteiger charge is -2.23. The van der Waals surface area contributed by atoms with Gasteiger partial charge in [0.05, 0.1) is 14.2 Å². The summed E-state index contributed by atoms with van der Waals surface area (Å²) in [5, 5.41) is 3.07. The number of ether oxygens (including phenoxy) is 2. The number of carbonyl (C=O) groups is 1. The average molecular weight is 320 g/mol. The molecule has 1 aliphatic heterocycles. The predicted octanol–water partition coefficient (Wildman–Crippen LogP) is 2.48. The Kier molecular flexibility index (Phi) is 6.28. The quantitative estimate of drug-likeness (QED) is 0.838. The van der Waals surface area contributed by atoms with Crippen molar-refractivity contribution in [3.8, 4) is 11.5 Å². The van der Waals surface area contributed by atoms with Crippen LogP contribution in [0.4, 0.5) is 0 Å². The minimum atomic E-state index is -0.128. The normalized spacial score (nSPS) is 18.0. The van der Waals surface area contributed by atoms with Crippen LogP contribution in [0.25, 0.3) is 0 Å². The number of carbonyl (C=O) groups excluding carboxylic acids is 1. The number of benzene rings is 1. The summed E-state index contributed by atoms with van der Waals surface area (Å²) in [6, 6.07) is 4.21. The molecule has 0 bridgehead atoms. The number of nitrogens with one attached hydrogen (secondary N) is 1. The van der Waals surface area contributed by atoms with E-state index >= 15 is 0 Å². The van der Waals surface area contributed by atoms with Crippen LogP contribution < -0.4 is 14.8 Å². The van der Waals surface area contributed by atoms with Crippen LogP contribution in [-0.4, -0.2) is 50.7 Å². The van der Waals surface area contributed by atoms with E-state index in [-0.39, 0.29) is 5.91 Å². The number of nitrogens with zero attached hydrogens (tertiary/aromatic N) is 1. The molecule has 128 valence electrons. The monoisotopic (exact) mass is 320 g/mol. The number of amides is 1. The zero-order chi connectivity index (χ0) is 16.8. The Morgan fingerprint density at radius 2 is 2.09 bits per heavy atom. The van der Waals surface area contributed by atoms with Gasteiger partial charge in [-0.25, -0.2) is 0 Å². The largest absolute Gasteiger partial charge is 0.496 e. The minimum Gasteiger partial charge on any atom is -0.496 e. The molecule has 0 aliphatic carbocycles. The molecule has 0 radical (unpaired) electrons. The van der Waals surface area contributed by atoms with E-state index in [1.54, 1.807) is 14.2 Å². The van der Waals surface area contributed by atoms with E-state index in [0.717, 1.165) is 31.5 Å². The standard InChI is InChI=1S/C18H28N2O3/c1-5-13-9-10-15(22-3)16(17(13)23-4)18(21)19-12-14-8-7-11-20(14)6-2/h9-10,14H,5-8,11-12H2,1-4H3,(H,19,21)/t14-/m0/s1. The number of likely N-dealkylation sites (tertiary alicyclic amines) is 1. The van der Waals surface area contributed by atoms with Crippen molar-refractivity contribution < 1.29 is 14.3 Å². The highest BCUT2D eigenvalue weighted by atomic mass is 16.5. The SMILES string of the molecule is CCc1ccc(OC)c(C(=O)NC[C@@H]2CCCN2CC)c1OC. The van der Waals surface area contributed by atoms with E-state index in [4.69, 9.17) is 9.47 Å². The highest BCUT2D eigenvalue weighted by molar-refractivity contribution is 6.00. The first-order valence-electron chi connectivity index (χ1n) is 8.42. The number of hydrogen-bond acceptors (Lipinski definition) is 4. The van der Waals surface area contributed by atoms with Crippen molar-refractivity contribution in [2.24, 2.45) is 0 Å². The number of likely N-dealkylation sites (N-methyl/N-ethyl adjacent to an activating group) is 1. The zero-order valence-corrected chi connectivity index (χ0v) is 14.6. The highest BCUT2D eigenvalue weighted by Gasteiger charge is 2.25. The summed E-state index contributed by atoms with van der Waals surface area (Å²) < 4.78 is 10.9. The van der Waals surface area contributed by atoms with E-state index < -0.39 is 0 Å². The second kappa shape index (κ2) is 8.20. The van der Waals surface area contributed by atoms with Gasteiger partial charge in [-0.05, 0) is 44.0 Å². The molecule has 1 N–H and O–H groups in total. The van der Waals surface area contributed by atoms with Crippen molar-refractivity contribution in [2.75, 3.05) is 33.9 Å². The molecule has 5 nitrogen and oxygen atoms in total. The van der Waals surface area contributed by atoms with Gasteiger partial charge in [0.1, 0.15) is 17.1 Å². The van der Waals surface area contributed by atoms with E-state index in [1.165, 1.54) is 6.42 Å². The Hall–Kier alpha value is -1.75. The van der Waals surface area contributed by atoms with Crippen LogP contribution in [0.3, 0.4) is 0 Å². The van der Waals surface area contributed by atoms with Crippen molar-refractivity contribution in [1.82, 2.24) is 10.2 Å². The van der Waals surface area contributed by atoms with Gasteiger partial charge < -0.3 is 14.8 Å². The van der Waals surface area contributed by atoms with Crippen LogP contribution in [0.5, 0.6) is 11.5 Å². The van der Waals surface area contributed by atoms with Gasteiger partial charge >= 0.3 is 0 Å². The lowest BCUT2D eigenvalue weighted by Crippen LogP contribution is -2.40. The number of hydrogen-bond donors (Lipinski definition) is 1. The van der Waals surface area contributed by atoms with Crippen LogP contribution in [0.15, 0.2) is 12.1 Å². The highest BCUT2D eigenvalue weighted by Crippen LogP contribution is 2.32. The van der Waals surface area contributed by atoms with Gasteiger partial charge in [-0.3, -0.25) is 9.69 Å². The van der Waals surface area contributed by atoms with Crippen molar-refractivity contribution >= 4 is 5.91 Å². The smallest absolute Gasteiger partial charge is 0.258 e. The third-order valence-corrected chi connectivity index (χ3v) is 4.64. The molecule has 1 aliphatic rings. The second-order valence-electron chi connectivity index (χ2n) is 5.82. The zero-order valence-electron chi connectivity index (χ0n) is 14.6. The summed E-state index contributed by atoms with van der Waals surface area (Å²) in [7, 11) is 3.17. The molecule has 1 aromatic rings. The fourth-order valence-corrected chi connectivity index (χ4v) is 3.35. The van der Waals surface area contributed by atoms with E-state index in [9.17, 15) is 4.79 Å². The molecule has 1 atom stereocenters. The fourth-order valence-electron chi connectivity index (χ4n) is 3.35. The summed E-state index contributed by atoms with van der Waals surface area (Å²) in [6.45, 7) is 7.02. The summed E-state index contributed by atoms with van der Waals surface area (Å²) in [6.07, 6.45) is 3.14. The molecule has 0 spiro atoms. The first-order valence-corrected chi connectivity index (χ1v) is 8.42. The first-order chi connectivity index (χ1) is 11.2. The molecule has 23 heavy (non-hydrogen) atoms. The van der Waals surface area contributed by atoms with Gasteiger partial charge in [-0.2, -0.15) is 0 Å².